The number of nitrogens with one attached hydrogen (secondary N) is 1. The molecule has 0 aliphatic carbocycles. The fourth-order valence-electron chi connectivity index (χ4n) is 4.20. The van der Waals surface area contributed by atoms with Crippen molar-refractivity contribution in [3.05, 3.63) is 29.6 Å². The first-order valence-electron chi connectivity index (χ1n) is 10.1. The van der Waals surface area contributed by atoms with E-state index in [2.05, 4.69) is 17.1 Å². The Morgan fingerprint density at radius 2 is 2.00 bits per heavy atom. The van der Waals surface area contributed by atoms with E-state index in [1.807, 2.05) is 4.90 Å². The van der Waals surface area contributed by atoms with Crippen LogP contribution < -0.4 is 10.1 Å². The summed E-state index contributed by atoms with van der Waals surface area (Å²) >= 11 is 0. The summed E-state index contributed by atoms with van der Waals surface area (Å²) < 4.78 is 18.9. The highest BCUT2D eigenvalue weighted by atomic mass is 35.5. The van der Waals surface area contributed by atoms with Crippen LogP contribution in [0.15, 0.2) is 18.2 Å². The summed E-state index contributed by atoms with van der Waals surface area (Å²) in [6, 6.07) is 4.63. The third kappa shape index (κ3) is 7.28. The molecule has 2 atom stereocenters. The second-order valence-corrected chi connectivity index (χ2v) is 7.90. The summed E-state index contributed by atoms with van der Waals surface area (Å²) in [5, 5.41) is 3.44. The highest BCUT2D eigenvalue weighted by Crippen LogP contribution is 2.24. The Hall–Kier alpha value is -1.08. The van der Waals surface area contributed by atoms with Gasteiger partial charge in [0.15, 0.2) is 0 Å². The lowest BCUT2D eigenvalue weighted by atomic mass is 9.85. The Labute approximate surface area is 186 Å². The summed E-state index contributed by atoms with van der Waals surface area (Å²) in [5.41, 5.74) is 0.857. The van der Waals surface area contributed by atoms with E-state index in [-0.39, 0.29) is 36.5 Å². The first-order valence-corrected chi connectivity index (χ1v) is 10.1. The number of rotatable bonds is 6. The van der Waals surface area contributed by atoms with Crippen LogP contribution in [0.25, 0.3) is 0 Å². The van der Waals surface area contributed by atoms with Gasteiger partial charge >= 0.3 is 0 Å². The van der Waals surface area contributed by atoms with Crippen LogP contribution in [-0.4, -0.2) is 62.1 Å². The Kier molecular flexibility index (Phi) is 11.3. The van der Waals surface area contributed by atoms with Crippen molar-refractivity contribution < 1.29 is 13.9 Å². The number of hydrogen-bond acceptors (Lipinski definition) is 4. The number of benzene rings is 1. The minimum atomic E-state index is -0.245. The van der Waals surface area contributed by atoms with Gasteiger partial charge in [0.25, 0.3) is 0 Å². The molecule has 2 aliphatic rings. The van der Waals surface area contributed by atoms with Gasteiger partial charge in [-0.1, -0.05) is 6.92 Å². The fraction of sp³-hybridized carbons (Fsp3) is 0.667. The number of ether oxygens (including phenoxy) is 1. The van der Waals surface area contributed by atoms with Gasteiger partial charge in [-0.3, -0.25) is 9.69 Å². The SMILES string of the molecule is COc1ccc(F)cc1CN1CCN(C(=O)CC(C)C2CCCNC2)CC1.Cl.Cl. The molecule has 0 aromatic heterocycles. The normalized spacial score (nSPS) is 20.9. The van der Waals surface area contributed by atoms with E-state index in [0.717, 1.165) is 44.8 Å². The van der Waals surface area contributed by atoms with Crippen molar-refractivity contribution in [1.82, 2.24) is 15.1 Å². The molecule has 29 heavy (non-hydrogen) atoms. The molecule has 166 valence electrons. The van der Waals surface area contributed by atoms with Crippen LogP contribution in [0.1, 0.15) is 31.7 Å². The lowest BCUT2D eigenvalue weighted by Gasteiger charge is -2.36. The maximum Gasteiger partial charge on any atom is 0.222 e. The van der Waals surface area contributed by atoms with Crippen LogP contribution in [-0.2, 0) is 11.3 Å². The van der Waals surface area contributed by atoms with Gasteiger partial charge in [-0.15, -0.1) is 24.8 Å². The monoisotopic (exact) mass is 449 g/mol. The van der Waals surface area contributed by atoms with Crippen LogP contribution in [0, 0.1) is 17.7 Å². The summed E-state index contributed by atoms with van der Waals surface area (Å²) in [7, 11) is 1.61. The molecule has 2 fully saturated rings. The average Bonchev–Trinajstić information content (AvgIpc) is 2.69. The van der Waals surface area contributed by atoms with Crippen molar-refractivity contribution in [3.8, 4) is 5.75 Å². The molecule has 2 saturated heterocycles. The molecule has 1 aromatic rings. The molecule has 2 heterocycles. The number of nitrogens with zero attached hydrogens (tertiary/aromatic N) is 2. The Balaban J connectivity index is 0.00000210. The highest BCUT2D eigenvalue weighted by molar-refractivity contribution is 5.85. The Morgan fingerprint density at radius 1 is 1.28 bits per heavy atom. The van der Waals surface area contributed by atoms with Gasteiger partial charge in [-0.2, -0.15) is 0 Å². The average molecular weight is 450 g/mol. The second-order valence-electron chi connectivity index (χ2n) is 7.90. The van der Waals surface area contributed by atoms with Gasteiger partial charge in [-0.05, 0) is 56.0 Å². The van der Waals surface area contributed by atoms with Crippen molar-refractivity contribution in [2.24, 2.45) is 11.8 Å². The van der Waals surface area contributed by atoms with E-state index in [9.17, 15) is 9.18 Å². The molecular formula is C21H34Cl2FN3O2. The van der Waals surface area contributed by atoms with Gasteiger partial charge in [0.2, 0.25) is 5.91 Å². The van der Waals surface area contributed by atoms with E-state index in [1.54, 1.807) is 13.2 Å². The van der Waals surface area contributed by atoms with Crippen LogP contribution >= 0.6 is 24.8 Å². The minimum absolute atomic E-state index is 0. The molecule has 1 N–H and O–H groups in total. The van der Waals surface area contributed by atoms with Crippen LogP contribution in [0.4, 0.5) is 4.39 Å². The Bertz CT molecular complexity index is 636. The predicted octanol–water partition coefficient (Wildman–Crippen LogP) is 3.35. The predicted molar refractivity (Wildman–Crippen MR) is 119 cm³/mol. The van der Waals surface area contributed by atoms with Crippen molar-refractivity contribution in [2.75, 3.05) is 46.4 Å². The molecular weight excluding hydrogens is 416 g/mol. The quantitative estimate of drug-likeness (QED) is 0.722. The van der Waals surface area contributed by atoms with E-state index < -0.39 is 0 Å². The molecule has 3 rings (SSSR count). The van der Waals surface area contributed by atoms with Gasteiger partial charge in [0, 0.05) is 44.7 Å². The number of piperidine rings is 1. The standard InChI is InChI=1S/C21H32FN3O2.2ClH/c1-16(17-4-3-7-23-14-17)12-21(26)25-10-8-24(9-11-25)15-18-13-19(22)5-6-20(18)27-2;;/h5-6,13,16-17,23H,3-4,7-12,14-15H2,1-2H3;2*1H. The minimum Gasteiger partial charge on any atom is -0.496 e. The van der Waals surface area contributed by atoms with Crippen molar-refractivity contribution in [1.29, 1.82) is 0 Å². The zero-order chi connectivity index (χ0) is 19.2. The van der Waals surface area contributed by atoms with Crippen LogP contribution in [0.3, 0.4) is 0 Å². The smallest absolute Gasteiger partial charge is 0.222 e. The van der Waals surface area contributed by atoms with E-state index in [0.29, 0.717) is 30.6 Å². The van der Waals surface area contributed by atoms with Gasteiger partial charge in [0.1, 0.15) is 11.6 Å². The molecule has 0 spiro atoms. The molecule has 5 nitrogen and oxygen atoms in total. The van der Waals surface area contributed by atoms with Crippen molar-refractivity contribution >= 4 is 30.7 Å². The summed E-state index contributed by atoms with van der Waals surface area (Å²) in [4.78, 5) is 16.9. The van der Waals surface area contributed by atoms with Gasteiger partial charge in [-0.25, -0.2) is 4.39 Å². The van der Waals surface area contributed by atoms with Gasteiger partial charge < -0.3 is 15.0 Å². The molecule has 2 unspecified atom stereocenters. The van der Waals surface area contributed by atoms with Gasteiger partial charge in [0.05, 0.1) is 7.11 Å². The molecule has 0 saturated carbocycles. The van der Waals surface area contributed by atoms with Crippen molar-refractivity contribution in [3.63, 3.8) is 0 Å². The molecule has 0 radical (unpaired) electrons. The number of halogens is 3. The van der Waals surface area contributed by atoms with E-state index >= 15 is 0 Å². The largest absolute Gasteiger partial charge is 0.496 e. The fourth-order valence-corrected chi connectivity index (χ4v) is 4.20. The zero-order valence-electron chi connectivity index (χ0n) is 17.4. The number of methoxy groups -OCH3 is 1. The number of hydrogen-bond donors (Lipinski definition) is 1. The van der Waals surface area contributed by atoms with E-state index in [4.69, 9.17) is 4.74 Å². The Morgan fingerprint density at radius 3 is 2.62 bits per heavy atom. The van der Waals surface area contributed by atoms with Crippen molar-refractivity contribution in [2.45, 2.75) is 32.7 Å². The lowest BCUT2D eigenvalue weighted by Crippen LogP contribution is -2.49. The lowest BCUT2D eigenvalue weighted by molar-refractivity contribution is -0.134. The van der Waals surface area contributed by atoms with E-state index in [1.165, 1.54) is 25.0 Å². The molecule has 0 bridgehead atoms. The molecule has 2 aliphatic heterocycles. The summed E-state index contributed by atoms with van der Waals surface area (Å²) in [6.45, 7) is 8.11. The molecule has 1 aromatic carbocycles. The first kappa shape index (κ1) is 26.0. The number of carbonyl (C=O) groups is 1. The zero-order valence-corrected chi connectivity index (χ0v) is 19.0. The first-order chi connectivity index (χ1) is 13.1. The molecule has 8 heteroatoms. The third-order valence-corrected chi connectivity index (χ3v) is 6.00. The maximum absolute atomic E-state index is 13.5. The number of carbonyl (C=O) groups excluding carboxylic acids is 1. The molecule has 1 amide bonds. The second kappa shape index (κ2) is 12.6. The van der Waals surface area contributed by atoms with Crippen LogP contribution in [0.5, 0.6) is 5.75 Å². The summed E-state index contributed by atoms with van der Waals surface area (Å²) in [6.07, 6.45) is 3.08. The maximum atomic E-state index is 13.5. The summed E-state index contributed by atoms with van der Waals surface area (Å²) in [5.74, 6) is 1.79. The highest BCUT2D eigenvalue weighted by Gasteiger charge is 2.26. The topological polar surface area (TPSA) is 44.8 Å². The van der Waals surface area contributed by atoms with Crippen LogP contribution in [0.2, 0.25) is 0 Å². The third-order valence-electron chi connectivity index (χ3n) is 6.00. The number of piperazine rings is 1. The number of amides is 1.